The van der Waals surface area contributed by atoms with Crippen LogP contribution in [0.5, 0.6) is 0 Å². The number of nitrogens with one attached hydrogen (secondary N) is 2. The van der Waals surface area contributed by atoms with Crippen LogP contribution in [0.3, 0.4) is 0 Å². The van der Waals surface area contributed by atoms with Crippen molar-refractivity contribution in [3.05, 3.63) is 0 Å². The lowest BCUT2D eigenvalue weighted by atomic mass is 10.7. The zero-order valence-electron chi connectivity index (χ0n) is 7.74. The van der Waals surface area contributed by atoms with E-state index < -0.39 is 28.6 Å². The van der Waals surface area contributed by atoms with Crippen molar-refractivity contribution >= 4 is 16.2 Å². The highest BCUT2D eigenvalue weighted by Gasteiger charge is 2.42. The predicted octanol–water partition coefficient (Wildman–Crippen LogP) is -1.33. The SMILES string of the molecule is CC(N)ONS(=O)(=O)NOC(=O)C(F)(F)F. The smallest absolute Gasteiger partial charge is 0.347 e. The van der Waals surface area contributed by atoms with E-state index >= 15 is 0 Å². The summed E-state index contributed by atoms with van der Waals surface area (Å²) in [6, 6.07) is 0. The first-order valence-corrected chi connectivity index (χ1v) is 5.00. The molecule has 0 aliphatic rings. The minimum atomic E-state index is -5.31. The second-order valence-electron chi connectivity index (χ2n) is 2.38. The number of halogens is 3. The molecule has 0 aromatic heterocycles. The highest BCUT2D eigenvalue weighted by atomic mass is 32.2. The van der Waals surface area contributed by atoms with Gasteiger partial charge in [-0.25, -0.2) is 4.79 Å². The molecule has 0 saturated heterocycles. The predicted molar refractivity (Wildman–Crippen MR) is 42.1 cm³/mol. The summed E-state index contributed by atoms with van der Waals surface area (Å²) in [6.07, 6.45) is -6.36. The third kappa shape index (κ3) is 6.52. The molecule has 0 amide bonds. The van der Waals surface area contributed by atoms with Crippen molar-refractivity contribution in [1.29, 1.82) is 0 Å². The van der Waals surface area contributed by atoms with E-state index in [2.05, 4.69) is 9.68 Å². The van der Waals surface area contributed by atoms with E-state index in [0.717, 1.165) is 4.89 Å². The average molecular weight is 267 g/mol. The molecule has 0 radical (unpaired) electrons. The molecule has 0 saturated carbocycles. The summed E-state index contributed by atoms with van der Waals surface area (Å²) >= 11 is 0. The van der Waals surface area contributed by atoms with Gasteiger partial charge in [-0.05, 0) is 11.8 Å². The molecule has 96 valence electrons. The molecule has 0 bridgehead atoms. The molecule has 1 unspecified atom stereocenters. The summed E-state index contributed by atoms with van der Waals surface area (Å²) in [6.45, 7) is 1.24. The molecule has 0 rings (SSSR count). The fourth-order valence-electron chi connectivity index (χ4n) is 0.307. The summed E-state index contributed by atoms with van der Waals surface area (Å²) in [7, 11) is -4.58. The number of hydrogen-bond acceptors (Lipinski definition) is 6. The fourth-order valence-corrected chi connectivity index (χ4v) is 0.805. The molecule has 0 aliphatic carbocycles. The summed E-state index contributed by atoms with van der Waals surface area (Å²) in [4.78, 5) is 19.5. The molecule has 4 N–H and O–H groups in total. The van der Waals surface area contributed by atoms with Crippen LogP contribution in [0, 0.1) is 0 Å². The van der Waals surface area contributed by atoms with Crippen LogP contribution in [-0.2, 0) is 24.7 Å². The van der Waals surface area contributed by atoms with E-state index in [-0.39, 0.29) is 0 Å². The maximum absolute atomic E-state index is 11.6. The van der Waals surface area contributed by atoms with Crippen molar-refractivity contribution < 1.29 is 36.1 Å². The Morgan fingerprint density at radius 1 is 1.38 bits per heavy atom. The zero-order chi connectivity index (χ0) is 13.0. The molecule has 12 heteroatoms. The van der Waals surface area contributed by atoms with E-state index in [4.69, 9.17) is 5.73 Å². The maximum Gasteiger partial charge on any atom is 0.492 e. The molecule has 0 aliphatic heterocycles. The minimum Gasteiger partial charge on any atom is -0.347 e. The molecule has 0 aromatic rings. The molecule has 0 spiro atoms. The van der Waals surface area contributed by atoms with Gasteiger partial charge >= 0.3 is 22.4 Å². The molecule has 0 aromatic carbocycles. The topological polar surface area (TPSA) is 120 Å². The summed E-state index contributed by atoms with van der Waals surface area (Å²) in [5.41, 5.74) is 4.96. The van der Waals surface area contributed by atoms with E-state index in [1.54, 1.807) is 0 Å². The number of rotatable bonds is 5. The van der Waals surface area contributed by atoms with Gasteiger partial charge in [0.1, 0.15) is 6.23 Å². The van der Waals surface area contributed by atoms with Crippen LogP contribution in [0.2, 0.25) is 0 Å². The Bertz CT molecular complexity index is 339. The molecular weight excluding hydrogens is 259 g/mol. The van der Waals surface area contributed by atoms with E-state index in [0.29, 0.717) is 0 Å². The van der Waals surface area contributed by atoms with E-state index in [9.17, 15) is 26.4 Å². The highest BCUT2D eigenvalue weighted by molar-refractivity contribution is 7.87. The van der Waals surface area contributed by atoms with Gasteiger partial charge < -0.3 is 10.6 Å². The average Bonchev–Trinajstić information content (AvgIpc) is 2.10. The molecular formula is C4H8F3N3O5S. The zero-order valence-corrected chi connectivity index (χ0v) is 8.55. The highest BCUT2D eigenvalue weighted by Crippen LogP contribution is 2.15. The van der Waals surface area contributed by atoms with Crippen molar-refractivity contribution in [2.45, 2.75) is 19.3 Å². The quantitative estimate of drug-likeness (QED) is 0.419. The lowest BCUT2D eigenvalue weighted by Gasteiger charge is -2.10. The van der Waals surface area contributed by atoms with Crippen LogP contribution in [-0.4, -0.2) is 26.8 Å². The summed E-state index contributed by atoms with van der Waals surface area (Å²) < 4.78 is 56.1. The first-order chi connectivity index (χ1) is 7.04. The van der Waals surface area contributed by atoms with Crippen LogP contribution >= 0.6 is 0 Å². The van der Waals surface area contributed by atoms with E-state index in [1.807, 2.05) is 0 Å². The van der Waals surface area contributed by atoms with Crippen molar-refractivity contribution in [2.24, 2.45) is 5.73 Å². The Balaban J connectivity index is 4.15. The van der Waals surface area contributed by atoms with Gasteiger partial charge in [0.25, 0.3) is 0 Å². The number of hydrogen-bond donors (Lipinski definition) is 3. The van der Waals surface area contributed by atoms with Crippen molar-refractivity contribution in [1.82, 2.24) is 9.77 Å². The first-order valence-electron chi connectivity index (χ1n) is 3.52. The van der Waals surface area contributed by atoms with Crippen molar-refractivity contribution in [3.63, 3.8) is 0 Å². The Labute approximate surface area is 88.0 Å². The van der Waals surface area contributed by atoms with Crippen LogP contribution in [0.1, 0.15) is 6.92 Å². The third-order valence-electron chi connectivity index (χ3n) is 0.819. The standard InChI is InChI=1S/C4H8F3N3O5S/c1-2(8)14-9-16(12,13)10-15-3(11)4(5,6)7/h2,9-10H,8H2,1H3. The monoisotopic (exact) mass is 267 g/mol. The van der Waals surface area contributed by atoms with Gasteiger partial charge in [0.15, 0.2) is 0 Å². The van der Waals surface area contributed by atoms with Crippen molar-refractivity contribution in [3.8, 4) is 0 Å². The maximum atomic E-state index is 11.6. The van der Waals surface area contributed by atoms with Crippen LogP contribution in [0.4, 0.5) is 13.2 Å². The Hall–Kier alpha value is -0.950. The van der Waals surface area contributed by atoms with Crippen LogP contribution in [0.25, 0.3) is 0 Å². The van der Waals surface area contributed by atoms with Gasteiger partial charge in [0, 0.05) is 0 Å². The van der Waals surface area contributed by atoms with Crippen LogP contribution < -0.4 is 15.5 Å². The normalized spacial score (nSPS) is 14.6. The fraction of sp³-hybridized carbons (Fsp3) is 0.750. The molecule has 0 fully saturated rings. The summed E-state index contributed by atoms with van der Waals surface area (Å²) in [5, 5.41) is 0. The van der Waals surface area contributed by atoms with Gasteiger partial charge in [0.05, 0.1) is 0 Å². The van der Waals surface area contributed by atoms with Crippen LogP contribution in [0.15, 0.2) is 0 Å². The number of nitrogens with two attached hydrogens (primary N) is 1. The lowest BCUT2D eigenvalue weighted by Crippen LogP contribution is -2.43. The molecule has 0 heterocycles. The van der Waals surface area contributed by atoms with Gasteiger partial charge in [0.2, 0.25) is 0 Å². The Morgan fingerprint density at radius 2 is 1.88 bits per heavy atom. The number of alkyl halides is 3. The van der Waals surface area contributed by atoms with E-state index in [1.165, 1.54) is 11.8 Å². The largest absolute Gasteiger partial charge is 0.492 e. The second-order valence-corrected chi connectivity index (χ2v) is 3.72. The molecule has 8 nitrogen and oxygen atoms in total. The third-order valence-corrected chi connectivity index (χ3v) is 1.44. The first kappa shape index (κ1) is 15.0. The minimum absolute atomic E-state index is 0.832. The number of carbonyl (C=O) groups excluding carboxylic acids is 1. The second kappa shape index (κ2) is 5.40. The van der Waals surface area contributed by atoms with Gasteiger partial charge in [-0.1, -0.05) is 4.89 Å². The van der Waals surface area contributed by atoms with Crippen molar-refractivity contribution in [2.75, 3.05) is 0 Å². The van der Waals surface area contributed by atoms with Gasteiger partial charge in [-0.15, -0.1) is 0 Å². The summed E-state index contributed by atoms with van der Waals surface area (Å²) in [5.74, 6) is -2.72. The van der Waals surface area contributed by atoms with Gasteiger partial charge in [-0.3, -0.25) is 4.84 Å². The Morgan fingerprint density at radius 3 is 2.25 bits per heavy atom. The Kier molecular flexibility index (Phi) is 5.08. The number of carbonyl (C=O) groups is 1. The molecule has 16 heavy (non-hydrogen) atoms. The van der Waals surface area contributed by atoms with Gasteiger partial charge in [-0.2, -0.15) is 21.6 Å². The molecule has 1 atom stereocenters. The lowest BCUT2D eigenvalue weighted by molar-refractivity contribution is -0.203.